The summed E-state index contributed by atoms with van der Waals surface area (Å²) < 4.78 is 27.1. The van der Waals surface area contributed by atoms with Crippen LogP contribution < -0.4 is 5.73 Å². The van der Waals surface area contributed by atoms with Crippen molar-refractivity contribution < 1.29 is 8.42 Å². The predicted octanol–water partition coefficient (Wildman–Crippen LogP) is 1.72. The van der Waals surface area contributed by atoms with Gasteiger partial charge < -0.3 is 5.73 Å². The van der Waals surface area contributed by atoms with Crippen molar-refractivity contribution in [1.82, 2.24) is 4.31 Å². The molecule has 4 nitrogen and oxygen atoms in total. The summed E-state index contributed by atoms with van der Waals surface area (Å²) >= 11 is 1.55. The van der Waals surface area contributed by atoms with Gasteiger partial charge in [-0.1, -0.05) is 0 Å². The molecule has 1 saturated carbocycles. The van der Waals surface area contributed by atoms with Crippen molar-refractivity contribution in [1.29, 1.82) is 0 Å². The van der Waals surface area contributed by atoms with Gasteiger partial charge >= 0.3 is 0 Å². The van der Waals surface area contributed by atoms with Crippen molar-refractivity contribution in [3.05, 3.63) is 15.8 Å². The number of hydrogen-bond donors (Lipinski definition) is 1. The monoisotopic (exact) mass is 300 g/mol. The highest BCUT2D eigenvalue weighted by Gasteiger charge is 2.44. The molecule has 1 aliphatic heterocycles. The van der Waals surface area contributed by atoms with Crippen LogP contribution in [-0.4, -0.2) is 31.9 Å². The minimum absolute atomic E-state index is 0.191. The van der Waals surface area contributed by atoms with E-state index in [0.29, 0.717) is 29.8 Å². The van der Waals surface area contributed by atoms with Crippen molar-refractivity contribution in [2.24, 2.45) is 17.6 Å². The summed E-state index contributed by atoms with van der Waals surface area (Å²) in [6.45, 7) is 5.02. The smallest absolute Gasteiger partial charge is 0.244 e. The summed E-state index contributed by atoms with van der Waals surface area (Å²) in [5, 5.41) is 0. The van der Waals surface area contributed by atoms with Crippen LogP contribution in [0.25, 0.3) is 0 Å². The number of fused-ring (bicyclic) bond motifs is 2. The van der Waals surface area contributed by atoms with E-state index in [4.69, 9.17) is 5.73 Å². The average Bonchev–Trinajstić information content (AvgIpc) is 2.75. The van der Waals surface area contributed by atoms with Gasteiger partial charge in [0, 0.05) is 28.9 Å². The molecule has 6 heteroatoms. The molecule has 2 heterocycles. The summed E-state index contributed by atoms with van der Waals surface area (Å²) in [4.78, 5) is 2.43. The number of piperidine rings is 1. The quantitative estimate of drug-likeness (QED) is 0.904. The molecule has 3 rings (SSSR count). The summed E-state index contributed by atoms with van der Waals surface area (Å²) in [6.07, 6.45) is 2.14. The first-order chi connectivity index (χ1) is 8.89. The fraction of sp³-hybridized carbons (Fsp3) is 0.692. The molecule has 2 fully saturated rings. The Morgan fingerprint density at radius 2 is 1.84 bits per heavy atom. The number of aryl methyl sites for hydroxylation is 2. The maximum atomic E-state index is 12.7. The van der Waals surface area contributed by atoms with Gasteiger partial charge in [-0.3, -0.25) is 0 Å². The number of hydrogen-bond acceptors (Lipinski definition) is 4. The molecule has 1 aliphatic carbocycles. The molecule has 0 radical (unpaired) electrons. The molecule has 2 aliphatic rings. The largest absolute Gasteiger partial charge is 0.327 e. The summed E-state index contributed by atoms with van der Waals surface area (Å²) in [6, 6.07) is 1.99. The average molecular weight is 300 g/mol. The molecule has 2 bridgehead atoms. The Labute approximate surface area is 118 Å². The van der Waals surface area contributed by atoms with E-state index >= 15 is 0 Å². The van der Waals surface area contributed by atoms with Crippen LogP contribution in [0.2, 0.25) is 0 Å². The third-order valence-corrected chi connectivity index (χ3v) is 7.54. The number of thiophene rings is 1. The zero-order chi connectivity index (χ0) is 13.8. The summed E-state index contributed by atoms with van der Waals surface area (Å²) in [5.41, 5.74) is 6.14. The van der Waals surface area contributed by atoms with Crippen molar-refractivity contribution in [3.63, 3.8) is 0 Å². The van der Waals surface area contributed by atoms with E-state index in [0.717, 1.165) is 22.6 Å². The number of sulfonamides is 1. The molecule has 1 aromatic heterocycles. The van der Waals surface area contributed by atoms with E-state index in [1.807, 2.05) is 13.8 Å². The molecule has 19 heavy (non-hydrogen) atoms. The van der Waals surface area contributed by atoms with Gasteiger partial charge in [0.15, 0.2) is 0 Å². The van der Waals surface area contributed by atoms with Crippen LogP contribution in [0.15, 0.2) is 11.0 Å². The van der Waals surface area contributed by atoms with Gasteiger partial charge in [-0.15, -0.1) is 11.3 Å². The fourth-order valence-electron chi connectivity index (χ4n) is 3.42. The standard InChI is InChI=1S/C13H20N2O2S2/c1-8-5-12(9(2)18-8)19(16,17)15-6-10-3-4-11(7-15)13(10)14/h5,10-11,13H,3-4,6-7,14H2,1-2H3/t10-,11+,13?. The molecule has 1 aromatic rings. The molecular formula is C13H20N2O2S2. The minimum Gasteiger partial charge on any atom is -0.327 e. The number of rotatable bonds is 2. The fourth-order valence-corrected chi connectivity index (χ4v) is 6.50. The van der Waals surface area contributed by atoms with E-state index in [1.54, 1.807) is 21.7 Å². The lowest BCUT2D eigenvalue weighted by molar-refractivity contribution is 0.228. The summed E-state index contributed by atoms with van der Waals surface area (Å²) in [5.74, 6) is 0.683. The Morgan fingerprint density at radius 1 is 1.26 bits per heavy atom. The van der Waals surface area contributed by atoms with Crippen molar-refractivity contribution in [3.8, 4) is 0 Å². The minimum atomic E-state index is -3.33. The lowest BCUT2D eigenvalue weighted by Crippen LogP contribution is -2.50. The van der Waals surface area contributed by atoms with Gasteiger partial charge in [-0.2, -0.15) is 4.31 Å². The molecule has 106 valence electrons. The second kappa shape index (κ2) is 4.55. The van der Waals surface area contributed by atoms with Crippen LogP contribution in [0, 0.1) is 25.7 Å². The topological polar surface area (TPSA) is 63.4 Å². The van der Waals surface area contributed by atoms with Crippen LogP contribution in [0.3, 0.4) is 0 Å². The third kappa shape index (κ3) is 2.14. The first kappa shape index (κ1) is 13.5. The molecule has 3 atom stereocenters. The number of nitrogens with zero attached hydrogens (tertiary/aromatic N) is 1. The van der Waals surface area contributed by atoms with Crippen LogP contribution in [0.4, 0.5) is 0 Å². The second-order valence-electron chi connectivity index (χ2n) is 5.77. The maximum absolute atomic E-state index is 12.7. The Balaban J connectivity index is 1.92. The van der Waals surface area contributed by atoms with Crippen molar-refractivity contribution in [2.75, 3.05) is 13.1 Å². The predicted molar refractivity (Wildman–Crippen MR) is 76.7 cm³/mol. The Hall–Kier alpha value is -0.430. The SMILES string of the molecule is Cc1cc(S(=O)(=O)N2C[C@H]3CC[C@@H](C2)C3N)c(C)s1. The zero-order valence-electron chi connectivity index (χ0n) is 11.3. The highest BCUT2D eigenvalue weighted by Crippen LogP contribution is 2.38. The second-order valence-corrected chi connectivity index (χ2v) is 9.14. The van der Waals surface area contributed by atoms with E-state index < -0.39 is 10.0 Å². The van der Waals surface area contributed by atoms with Crippen LogP contribution in [0.5, 0.6) is 0 Å². The first-order valence-corrected chi connectivity index (χ1v) is 8.98. The van der Waals surface area contributed by atoms with Gasteiger partial charge in [-0.05, 0) is 44.6 Å². The molecule has 1 unspecified atom stereocenters. The Kier molecular flexibility index (Phi) is 3.24. The molecular weight excluding hydrogens is 280 g/mol. The Morgan fingerprint density at radius 3 is 2.32 bits per heavy atom. The van der Waals surface area contributed by atoms with Crippen molar-refractivity contribution in [2.45, 2.75) is 37.6 Å². The summed E-state index contributed by atoms with van der Waals surface area (Å²) in [7, 11) is -3.33. The molecule has 1 saturated heterocycles. The lowest BCUT2D eigenvalue weighted by atomic mass is 9.95. The number of nitrogens with two attached hydrogens (primary N) is 1. The molecule has 2 N–H and O–H groups in total. The van der Waals surface area contributed by atoms with Gasteiger partial charge in [-0.25, -0.2) is 8.42 Å². The van der Waals surface area contributed by atoms with Crippen LogP contribution in [0.1, 0.15) is 22.6 Å². The molecule has 0 spiro atoms. The van der Waals surface area contributed by atoms with Gasteiger partial charge in [0.1, 0.15) is 0 Å². The van der Waals surface area contributed by atoms with E-state index in [2.05, 4.69) is 0 Å². The van der Waals surface area contributed by atoms with Gasteiger partial charge in [0.05, 0.1) is 4.90 Å². The maximum Gasteiger partial charge on any atom is 0.244 e. The zero-order valence-corrected chi connectivity index (χ0v) is 12.9. The lowest BCUT2D eigenvalue weighted by Gasteiger charge is -2.35. The highest BCUT2D eigenvalue weighted by atomic mass is 32.2. The Bertz CT molecular complexity index is 580. The van der Waals surface area contributed by atoms with E-state index in [1.165, 1.54) is 0 Å². The first-order valence-electron chi connectivity index (χ1n) is 6.72. The van der Waals surface area contributed by atoms with Crippen LogP contribution >= 0.6 is 11.3 Å². The molecule has 0 aromatic carbocycles. The highest BCUT2D eigenvalue weighted by molar-refractivity contribution is 7.89. The normalized spacial score (nSPS) is 31.8. The third-order valence-electron chi connectivity index (χ3n) is 4.49. The van der Waals surface area contributed by atoms with Gasteiger partial charge in [0.25, 0.3) is 0 Å². The molecule has 0 amide bonds. The van der Waals surface area contributed by atoms with Gasteiger partial charge in [0.2, 0.25) is 10.0 Å². The van der Waals surface area contributed by atoms with E-state index in [9.17, 15) is 8.42 Å². The van der Waals surface area contributed by atoms with E-state index in [-0.39, 0.29) is 6.04 Å². The van der Waals surface area contributed by atoms with Crippen molar-refractivity contribution >= 4 is 21.4 Å². The van der Waals surface area contributed by atoms with Crippen LogP contribution in [-0.2, 0) is 10.0 Å².